The van der Waals surface area contributed by atoms with Gasteiger partial charge in [-0.2, -0.15) is 0 Å². The summed E-state index contributed by atoms with van der Waals surface area (Å²) in [5.74, 6) is -1.03. The van der Waals surface area contributed by atoms with E-state index in [-0.39, 0.29) is 16.7 Å². The van der Waals surface area contributed by atoms with Gasteiger partial charge in [0.05, 0.1) is 22.9 Å². The van der Waals surface area contributed by atoms with E-state index in [0.717, 1.165) is 15.1 Å². The number of rotatable bonds is 4. The van der Waals surface area contributed by atoms with Crippen LogP contribution in [0, 0.1) is 0 Å². The minimum atomic E-state index is -0.804. The van der Waals surface area contributed by atoms with Crippen molar-refractivity contribution in [3.05, 3.63) is 80.5 Å². The summed E-state index contributed by atoms with van der Waals surface area (Å²) >= 11 is 8.83. The standard InChI is InChI=1S/C27H23ClN2O4S2/c1-27(2,3)16-12-14(7-10-18(16)34-4)23(31)21-22(19-6-5-11-35-19)30(25(33)24(21)32)26-29-17-9-8-15(28)13-20(17)36-26/h5-13,22,31H,1-4H3/b23-21+. The molecule has 0 radical (unpaired) electrons. The molecule has 9 heteroatoms. The number of ketones is 1. The van der Waals surface area contributed by atoms with Crippen molar-refractivity contribution in [2.75, 3.05) is 12.0 Å². The third-order valence-corrected chi connectivity index (χ3v) is 8.26. The number of anilines is 1. The van der Waals surface area contributed by atoms with Gasteiger partial charge < -0.3 is 9.84 Å². The number of halogens is 1. The lowest BCUT2D eigenvalue weighted by molar-refractivity contribution is -0.132. The van der Waals surface area contributed by atoms with Gasteiger partial charge in [0.15, 0.2) is 5.13 Å². The summed E-state index contributed by atoms with van der Waals surface area (Å²) in [6.07, 6.45) is 0. The number of ether oxygens (including phenoxy) is 1. The van der Waals surface area contributed by atoms with Gasteiger partial charge in [-0.15, -0.1) is 11.3 Å². The number of fused-ring (bicyclic) bond motifs is 1. The Morgan fingerprint density at radius 1 is 1.14 bits per heavy atom. The molecular weight excluding hydrogens is 516 g/mol. The third-order valence-electron chi connectivity index (χ3n) is 6.08. The van der Waals surface area contributed by atoms with Crippen LogP contribution in [0.3, 0.4) is 0 Å². The molecule has 5 rings (SSSR count). The predicted octanol–water partition coefficient (Wildman–Crippen LogP) is 6.94. The number of aromatic nitrogens is 1. The minimum Gasteiger partial charge on any atom is -0.507 e. The van der Waals surface area contributed by atoms with Gasteiger partial charge in [-0.25, -0.2) is 4.98 Å². The van der Waals surface area contributed by atoms with E-state index >= 15 is 0 Å². The average molecular weight is 539 g/mol. The van der Waals surface area contributed by atoms with Crippen LogP contribution in [-0.2, 0) is 15.0 Å². The number of methoxy groups -OCH3 is 1. The van der Waals surface area contributed by atoms with Crippen LogP contribution in [0.15, 0.2) is 59.5 Å². The Kier molecular flexibility index (Phi) is 6.14. The highest BCUT2D eigenvalue weighted by molar-refractivity contribution is 7.22. The van der Waals surface area contributed by atoms with Crippen LogP contribution >= 0.6 is 34.3 Å². The molecule has 1 amide bonds. The Hall–Kier alpha value is -3.20. The Morgan fingerprint density at radius 2 is 1.92 bits per heavy atom. The van der Waals surface area contributed by atoms with Gasteiger partial charge in [0.25, 0.3) is 5.78 Å². The van der Waals surface area contributed by atoms with E-state index < -0.39 is 17.7 Å². The third kappa shape index (κ3) is 4.09. The van der Waals surface area contributed by atoms with Gasteiger partial charge in [0, 0.05) is 21.0 Å². The van der Waals surface area contributed by atoms with Crippen LogP contribution in [0.4, 0.5) is 5.13 Å². The van der Waals surface area contributed by atoms with Crippen molar-refractivity contribution in [1.82, 2.24) is 4.98 Å². The molecule has 1 atom stereocenters. The summed E-state index contributed by atoms with van der Waals surface area (Å²) in [6.45, 7) is 6.12. The van der Waals surface area contributed by atoms with E-state index in [1.165, 1.54) is 27.6 Å². The number of thiophene rings is 1. The lowest BCUT2D eigenvalue weighted by Crippen LogP contribution is -2.28. The van der Waals surface area contributed by atoms with Crippen LogP contribution < -0.4 is 9.64 Å². The van der Waals surface area contributed by atoms with Crippen molar-refractivity contribution in [3.63, 3.8) is 0 Å². The normalized spacial score (nSPS) is 17.8. The molecular formula is C27H23ClN2O4S2. The summed E-state index contributed by atoms with van der Waals surface area (Å²) in [7, 11) is 1.59. The summed E-state index contributed by atoms with van der Waals surface area (Å²) < 4.78 is 6.32. The molecule has 184 valence electrons. The number of hydrogen-bond donors (Lipinski definition) is 1. The highest BCUT2D eigenvalue weighted by Crippen LogP contribution is 2.46. The van der Waals surface area contributed by atoms with E-state index in [1.54, 1.807) is 37.4 Å². The number of aliphatic hydroxyl groups is 1. The molecule has 1 saturated heterocycles. The van der Waals surface area contributed by atoms with Crippen molar-refractivity contribution in [3.8, 4) is 5.75 Å². The van der Waals surface area contributed by atoms with E-state index in [2.05, 4.69) is 4.98 Å². The number of thiazole rings is 1. The maximum absolute atomic E-state index is 13.4. The monoisotopic (exact) mass is 538 g/mol. The Bertz CT molecular complexity index is 1530. The lowest BCUT2D eigenvalue weighted by Gasteiger charge is -2.24. The molecule has 4 aromatic rings. The molecule has 2 aromatic carbocycles. The number of amides is 1. The molecule has 0 saturated carbocycles. The Morgan fingerprint density at radius 3 is 2.58 bits per heavy atom. The van der Waals surface area contributed by atoms with Crippen LogP contribution in [0.5, 0.6) is 5.75 Å². The van der Waals surface area contributed by atoms with Crippen molar-refractivity contribution >= 4 is 67.1 Å². The fraction of sp³-hybridized carbons (Fsp3) is 0.222. The largest absolute Gasteiger partial charge is 0.507 e. The summed E-state index contributed by atoms with van der Waals surface area (Å²) in [6, 6.07) is 13.5. The molecule has 2 aromatic heterocycles. The van der Waals surface area contributed by atoms with E-state index in [4.69, 9.17) is 16.3 Å². The van der Waals surface area contributed by atoms with Gasteiger partial charge in [0.1, 0.15) is 17.6 Å². The highest BCUT2D eigenvalue weighted by Gasteiger charge is 2.48. The van der Waals surface area contributed by atoms with Crippen molar-refractivity contribution in [1.29, 1.82) is 0 Å². The van der Waals surface area contributed by atoms with Gasteiger partial charge in [-0.1, -0.05) is 49.8 Å². The van der Waals surface area contributed by atoms with Crippen molar-refractivity contribution in [2.24, 2.45) is 0 Å². The molecule has 0 spiro atoms. The zero-order chi connectivity index (χ0) is 25.8. The first kappa shape index (κ1) is 24.5. The van der Waals surface area contributed by atoms with E-state index in [0.29, 0.717) is 27.0 Å². The van der Waals surface area contributed by atoms with Gasteiger partial charge >= 0.3 is 5.91 Å². The molecule has 6 nitrogen and oxygen atoms in total. The summed E-state index contributed by atoms with van der Waals surface area (Å²) in [5, 5.41) is 14.3. The minimum absolute atomic E-state index is 0.0322. The smallest absolute Gasteiger partial charge is 0.301 e. The number of nitrogens with zero attached hydrogens (tertiary/aromatic N) is 2. The van der Waals surface area contributed by atoms with Crippen LogP contribution in [0.2, 0.25) is 5.02 Å². The van der Waals surface area contributed by atoms with Crippen molar-refractivity contribution in [2.45, 2.75) is 32.2 Å². The number of benzene rings is 2. The molecule has 1 unspecified atom stereocenters. The Labute approximate surface area is 221 Å². The second kappa shape index (κ2) is 9.03. The number of carbonyl (C=O) groups is 2. The fourth-order valence-electron chi connectivity index (χ4n) is 4.33. The van der Waals surface area contributed by atoms with Crippen LogP contribution in [-0.4, -0.2) is 28.9 Å². The molecule has 1 N–H and O–H groups in total. The summed E-state index contributed by atoms with van der Waals surface area (Å²) in [4.78, 5) is 33.5. The zero-order valence-corrected chi connectivity index (χ0v) is 22.4. The zero-order valence-electron chi connectivity index (χ0n) is 20.0. The number of carbonyl (C=O) groups excluding carboxylic acids is 2. The second-order valence-electron chi connectivity index (χ2n) is 9.46. The van der Waals surface area contributed by atoms with Crippen LogP contribution in [0.25, 0.3) is 16.0 Å². The summed E-state index contributed by atoms with van der Waals surface area (Å²) in [5.41, 5.74) is 1.75. The number of Topliss-reactive ketones (excluding diaryl/α,β-unsaturated/α-hetero) is 1. The number of hydrogen-bond acceptors (Lipinski definition) is 7. The predicted molar refractivity (Wildman–Crippen MR) is 145 cm³/mol. The first-order valence-corrected chi connectivity index (χ1v) is 13.3. The quantitative estimate of drug-likeness (QED) is 0.173. The Balaban J connectivity index is 1.70. The van der Waals surface area contributed by atoms with Crippen LogP contribution in [0.1, 0.15) is 42.8 Å². The van der Waals surface area contributed by atoms with E-state index in [1.807, 2.05) is 44.4 Å². The molecule has 36 heavy (non-hydrogen) atoms. The maximum Gasteiger partial charge on any atom is 0.301 e. The van der Waals surface area contributed by atoms with Gasteiger partial charge in [0.2, 0.25) is 0 Å². The topological polar surface area (TPSA) is 79.7 Å². The lowest BCUT2D eigenvalue weighted by atomic mass is 9.84. The number of aliphatic hydroxyl groups excluding tert-OH is 1. The SMILES string of the molecule is COc1ccc(/C(O)=C2\C(=O)C(=O)N(c3nc4ccc(Cl)cc4s3)C2c2cccs2)cc1C(C)(C)C. The van der Waals surface area contributed by atoms with E-state index in [9.17, 15) is 14.7 Å². The molecule has 1 aliphatic rings. The average Bonchev–Trinajstić information content (AvgIpc) is 3.56. The first-order valence-electron chi connectivity index (χ1n) is 11.2. The van der Waals surface area contributed by atoms with Crippen molar-refractivity contribution < 1.29 is 19.4 Å². The molecule has 0 bridgehead atoms. The maximum atomic E-state index is 13.4. The highest BCUT2D eigenvalue weighted by atomic mass is 35.5. The first-order chi connectivity index (χ1) is 17.1. The van der Waals surface area contributed by atoms with Gasteiger partial charge in [-0.3, -0.25) is 14.5 Å². The fourth-order valence-corrected chi connectivity index (χ4v) is 6.42. The second-order valence-corrected chi connectivity index (χ2v) is 11.9. The molecule has 1 aliphatic heterocycles. The van der Waals surface area contributed by atoms with Gasteiger partial charge in [-0.05, 0) is 53.3 Å². The molecule has 1 fully saturated rings. The molecule has 0 aliphatic carbocycles. The molecule has 3 heterocycles.